The second kappa shape index (κ2) is 14.4. The van der Waals surface area contributed by atoms with Gasteiger partial charge in [0.05, 0.1) is 31.1 Å². The maximum atomic E-state index is 13.7. The molecule has 4 aromatic rings. The smallest absolute Gasteiger partial charge is 0.323 e. The van der Waals surface area contributed by atoms with Crippen LogP contribution in [0.1, 0.15) is 43.2 Å². The van der Waals surface area contributed by atoms with Crippen molar-refractivity contribution in [1.82, 2.24) is 30.0 Å². The number of rotatable bonds is 9. The number of hydrogen-bond donors (Lipinski definition) is 4. The van der Waals surface area contributed by atoms with Crippen molar-refractivity contribution in [2.75, 3.05) is 28.7 Å². The van der Waals surface area contributed by atoms with Crippen molar-refractivity contribution in [3.63, 3.8) is 0 Å². The number of ether oxygens (including phenoxy) is 1. The third kappa shape index (κ3) is 7.42. The lowest BCUT2D eigenvalue weighted by molar-refractivity contribution is -0.0135. The van der Waals surface area contributed by atoms with E-state index in [0.29, 0.717) is 42.7 Å². The average Bonchev–Trinajstić information content (AvgIpc) is 3.53. The summed E-state index contributed by atoms with van der Waals surface area (Å²) < 4.78 is 7.07. The number of carbonyl (C=O) groups excluding carboxylic acids is 1. The van der Waals surface area contributed by atoms with Crippen molar-refractivity contribution in [3.05, 3.63) is 78.4 Å². The van der Waals surface area contributed by atoms with E-state index in [2.05, 4.69) is 37.1 Å². The van der Waals surface area contributed by atoms with Crippen LogP contribution in [0.3, 0.4) is 0 Å². The molecule has 1 saturated heterocycles. The molecule has 46 heavy (non-hydrogen) atoms. The molecule has 13 nitrogen and oxygen atoms in total. The zero-order valence-electron chi connectivity index (χ0n) is 25.7. The van der Waals surface area contributed by atoms with Crippen LogP contribution in [0.25, 0.3) is 11.1 Å². The van der Waals surface area contributed by atoms with Gasteiger partial charge in [-0.25, -0.2) is 14.8 Å². The Bertz CT molecular complexity index is 1650. The Morgan fingerprint density at radius 1 is 1.04 bits per heavy atom. The van der Waals surface area contributed by atoms with Crippen molar-refractivity contribution >= 4 is 23.6 Å². The Hall–Kier alpha value is -5.06. The molecule has 0 radical (unpaired) electrons. The molecule has 1 saturated carbocycles. The van der Waals surface area contributed by atoms with Crippen molar-refractivity contribution in [2.45, 2.75) is 62.9 Å². The number of aryl methyl sites for hydroxylation is 1. The number of aliphatic hydroxyl groups is 1. The van der Waals surface area contributed by atoms with Crippen LogP contribution in [0.5, 0.6) is 0 Å². The van der Waals surface area contributed by atoms with Crippen molar-refractivity contribution in [3.8, 4) is 17.2 Å². The van der Waals surface area contributed by atoms with Gasteiger partial charge < -0.3 is 25.8 Å². The average molecular weight is 623 g/mol. The molecule has 2 atom stereocenters. The topological polar surface area (TPSA) is 166 Å². The summed E-state index contributed by atoms with van der Waals surface area (Å²) in [5, 5.41) is 33.9. The molecule has 2 amide bonds. The standard InChI is InChI=1S/C33H38N10O3/c1-42-20-25(19-38-42)23-7-12-30(35-17-23)43(33(45)37-16-22-5-3-2-4-6-22)27-10-8-26(9-11-27)39-32-36-18-24(15-34)31(41-32)40-28-13-14-46-21-29(28)44/h2-7,12,17-20,26-29,44H,8-11,13-14,16,21H2,1H3,(H,37,45)(H2,36,39,40,41)/t26-,27-,28?,29?. The Morgan fingerprint density at radius 2 is 1.87 bits per heavy atom. The van der Waals surface area contributed by atoms with E-state index in [1.807, 2.05) is 55.7 Å². The summed E-state index contributed by atoms with van der Waals surface area (Å²) in [7, 11) is 1.87. The predicted octanol–water partition coefficient (Wildman–Crippen LogP) is 3.84. The lowest BCUT2D eigenvalue weighted by Crippen LogP contribution is -2.49. The summed E-state index contributed by atoms with van der Waals surface area (Å²) in [5.74, 6) is 1.40. The number of pyridine rings is 1. The van der Waals surface area contributed by atoms with Gasteiger partial charge in [-0.3, -0.25) is 9.58 Å². The number of carbonyl (C=O) groups is 1. The molecular formula is C33H38N10O3. The van der Waals surface area contributed by atoms with Gasteiger partial charge in [0, 0.05) is 55.8 Å². The van der Waals surface area contributed by atoms with Crippen LogP contribution in [0.4, 0.5) is 22.4 Å². The fourth-order valence-corrected chi connectivity index (χ4v) is 5.96. The van der Waals surface area contributed by atoms with E-state index in [0.717, 1.165) is 42.4 Å². The molecule has 2 aliphatic rings. The van der Waals surface area contributed by atoms with E-state index in [-0.39, 0.29) is 30.8 Å². The van der Waals surface area contributed by atoms with Gasteiger partial charge in [-0.1, -0.05) is 30.3 Å². The predicted molar refractivity (Wildman–Crippen MR) is 173 cm³/mol. The quantitative estimate of drug-likeness (QED) is 0.215. The number of hydrogen-bond acceptors (Lipinski definition) is 10. The van der Waals surface area contributed by atoms with E-state index >= 15 is 0 Å². The minimum Gasteiger partial charge on any atom is -0.389 e. The molecule has 2 unspecified atom stereocenters. The monoisotopic (exact) mass is 622 g/mol. The van der Waals surface area contributed by atoms with Gasteiger partial charge >= 0.3 is 6.03 Å². The van der Waals surface area contributed by atoms with E-state index in [4.69, 9.17) is 9.72 Å². The maximum absolute atomic E-state index is 13.7. The summed E-state index contributed by atoms with van der Waals surface area (Å²) in [6, 6.07) is 15.4. The third-order valence-electron chi connectivity index (χ3n) is 8.49. The van der Waals surface area contributed by atoms with Crippen molar-refractivity contribution in [1.29, 1.82) is 5.26 Å². The molecule has 4 N–H and O–H groups in total. The SMILES string of the molecule is Cn1cc(-c2ccc(N(C(=O)NCc3ccccc3)[C@H]3CC[C@H](Nc4ncc(C#N)c(NC5CCOCC5O)n4)CC3)nc2)cn1. The first-order valence-electron chi connectivity index (χ1n) is 15.6. The van der Waals surface area contributed by atoms with Gasteiger partial charge in [0.1, 0.15) is 23.3 Å². The molecule has 3 aromatic heterocycles. The summed E-state index contributed by atoms with van der Waals surface area (Å²) in [6.45, 7) is 1.18. The first kappa shape index (κ1) is 30.9. The molecule has 2 fully saturated rings. The molecule has 0 spiro atoms. The number of amides is 2. The lowest BCUT2D eigenvalue weighted by Gasteiger charge is -2.36. The largest absolute Gasteiger partial charge is 0.389 e. The minimum atomic E-state index is -0.684. The van der Waals surface area contributed by atoms with E-state index in [1.54, 1.807) is 22.0 Å². The highest BCUT2D eigenvalue weighted by atomic mass is 16.5. The first-order valence-corrected chi connectivity index (χ1v) is 15.6. The third-order valence-corrected chi connectivity index (χ3v) is 8.49. The van der Waals surface area contributed by atoms with Gasteiger partial charge in [-0.2, -0.15) is 15.3 Å². The molecule has 1 aliphatic carbocycles. The Balaban J connectivity index is 1.13. The maximum Gasteiger partial charge on any atom is 0.323 e. The zero-order chi connectivity index (χ0) is 31.9. The molecule has 1 aliphatic heterocycles. The highest BCUT2D eigenvalue weighted by molar-refractivity contribution is 5.91. The number of nitrogens with zero attached hydrogens (tertiary/aromatic N) is 7. The van der Waals surface area contributed by atoms with Gasteiger partial charge in [0.15, 0.2) is 0 Å². The number of nitrogens with one attached hydrogen (secondary N) is 3. The fourth-order valence-electron chi connectivity index (χ4n) is 5.96. The fraction of sp³-hybridized carbons (Fsp3) is 0.394. The van der Waals surface area contributed by atoms with Crippen LogP contribution in [0, 0.1) is 11.3 Å². The highest BCUT2D eigenvalue weighted by Gasteiger charge is 2.31. The van der Waals surface area contributed by atoms with E-state index < -0.39 is 6.10 Å². The normalized spacial score (nSPS) is 21.2. The molecule has 238 valence electrons. The van der Waals surface area contributed by atoms with E-state index in [1.165, 1.54) is 6.20 Å². The Morgan fingerprint density at radius 3 is 2.57 bits per heavy atom. The number of aliphatic hydroxyl groups excluding tert-OH is 1. The zero-order valence-corrected chi connectivity index (χ0v) is 25.7. The number of nitriles is 1. The van der Waals surface area contributed by atoms with Crippen LogP contribution in [0.2, 0.25) is 0 Å². The summed E-state index contributed by atoms with van der Waals surface area (Å²) in [4.78, 5) is 29.2. The minimum absolute atomic E-state index is 0.0558. The lowest BCUT2D eigenvalue weighted by atomic mass is 9.90. The van der Waals surface area contributed by atoms with Crippen molar-refractivity contribution in [2.24, 2.45) is 7.05 Å². The molecule has 1 aromatic carbocycles. The summed E-state index contributed by atoms with van der Waals surface area (Å²) in [5.41, 5.74) is 3.22. The van der Waals surface area contributed by atoms with Gasteiger partial charge in [-0.05, 0) is 49.8 Å². The molecule has 6 rings (SSSR count). The van der Waals surface area contributed by atoms with Crippen LogP contribution in [-0.2, 0) is 18.3 Å². The summed E-state index contributed by atoms with van der Waals surface area (Å²) >= 11 is 0. The second-order valence-electron chi connectivity index (χ2n) is 11.7. The molecule has 0 bridgehead atoms. The molecular weight excluding hydrogens is 584 g/mol. The van der Waals surface area contributed by atoms with Gasteiger partial charge in [0.25, 0.3) is 0 Å². The Labute approximate surface area is 267 Å². The summed E-state index contributed by atoms with van der Waals surface area (Å²) in [6.07, 6.45) is 9.99. The number of anilines is 3. The first-order chi connectivity index (χ1) is 22.5. The van der Waals surface area contributed by atoms with Crippen LogP contribution in [0.15, 0.2) is 67.3 Å². The van der Waals surface area contributed by atoms with Crippen LogP contribution >= 0.6 is 0 Å². The second-order valence-corrected chi connectivity index (χ2v) is 11.7. The van der Waals surface area contributed by atoms with Crippen LogP contribution in [-0.4, -0.2) is 73.3 Å². The van der Waals surface area contributed by atoms with E-state index in [9.17, 15) is 15.2 Å². The van der Waals surface area contributed by atoms with Crippen LogP contribution < -0.4 is 20.9 Å². The van der Waals surface area contributed by atoms with Crippen molar-refractivity contribution < 1.29 is 14.6 Å². The Kier molecular flexibility index (Phi) is 9.66. The molecule has 4 heterocycles. The highest BCUT2D eigenvalue weighted by Crippen LogP contribution is 2.30. The van der Waals surface area contributed by atoms with Gasteiger partial charge in [0.2, 0.25) is 5.95 Å². The number of aromatic nitrogens is 5. The van der Waals surface area contributed by atoms with Gasteiger partial charge in [-0.15, -0.1) is 0 Å². The molecule has 13 heteroatoms. The number of urea groups is 1. The number of benzene rings is 1.